The number of carbonyl (C=O) groups excluding carboxylic acids is 4. The van der Waals surface area contributed by atoms with Gasteiger partial charge in [0.1, 0.15) is 53.4 Å². The molecule has 2 aromatic rings. The first-order chi connectivity index (χ1) is 39.0. The van der Waals surface area contributed by atoms with Crippen LogP contribution in [0.2, 0.25) is 0 Å². The van der Waals surface area contributed by atoms with Gasteiger partial charge in [0, 0.05) is 65.7 Å². The summed E-state index contributed by atoms with van der Waals surface area (Å²) in [4.78, 5) is 54.4. The van der Waals surface area contributed by atoms with E-state index >= 15 is 4.79 Å². The Morgan fingerprint density at radius 3 is 1.83 bits per heavy atom. The van der Waals surface area contributed by atoms with Crippen LogP contribution in [0.25, 0.3) is 10.8 Å². The van der Waals surface area contributed by atoms with Gasteiger partial charge in [-0.15, -0.1) is 0 Å². The summed E-state index contributed by atoms with van der Waals surface area (Å²) >= 11 is 0. The van der Waals surface area contributed by atoms with Gasteiger partial charge in [-0.1, -0.05) is 0 Å². The molecule has 0 aliphatic carbocycles. The van der Waals surface area contributed by atoms with Crippen molar-refractivity contribution < 1.29 is 126 Å². The molecule has 0 saturated carbocycles. The van der Waals surface area contributed by atoms with Crippen LogP contribution in [0, 0.1) is 6.92 Å². The molecule has 0 spiro atoms. The van der Waals surface area contributed by atoms with E-state index in [1.165, 1.54) is 47.8 Å². The summed E-state index contributed by atoms with van der Waals surface area (Å²) in [5.41, 5.74) is -1.79. The highest BCUT2D eigenvalue weighted by Crippen LogP contribution is 2.47. The van der Waals surface area contributed by atoms with E-state index in [0.29, 0.717) is 0 Å². The highest BCUT2D eigenvalue weighted by molar-refractivity contribution is 6.11. The number of ketones is 2. The number of aliphatic hydroxyl groups excluding tert-OH is 5. The monoisotopic (exact) mass is 1180 g/mol. The number of rotatable bonds is 18. The third-order valence-electron chi connectivity index (χ3n) is 16.6. The zero-order valence-electron chi connectivity index (χ0n) is 48.7. The maximum absolute atomic E-state index is 15.9. The van der Waals surface area contributed by atoms with Gasteiger partial charge in [-0.2, -0.15) is 0 Å². The molecule has 5 fully saturated rings. The maximum Gasteiger partial charge on any atom is 0.303 e. The van der Waals surface area contributed by atoms with Crippen molar-refractivity contribution in [2.75, 3.05) is 14.2 Å². The average molecular weight is 1180 g/mol. The van der Waals surface area contributed by atoms with Crippen molar-refractivity contribution in [1.82, 2.24) is 0 Å². The van der Waals surface area contributed by atoms with Gasteiger partial charge in [-0.3, -0.25) is 19.2 Å². The molecule has 0 radical (unpaired) electrons. The van der Waals surface area contributed by atoms with Crippen LogP contribution < -0.4 is 4.74 Å². The van der Waals surface area contributed by atoms with Gasteiger partial charge in [-0.05, 0) is 84.9 Å². The standard InChI is InChI=1S/C57H82O26/c1-21-34-15-31-13-30(14-32-16-37(52(26(6)72-32)77-28(8)59)81-38-17-33(61)51(70-11)25(5)75-38)43(48(66)42(31)44(21)62)49(67)54(55(82-34)53(71-12)50(68)45(63)22(2)58)83-40-19-35(46(64)24(4)74-40)79-39-18-36(47(65)23(3)73-39)80-41-20-57(10,69)56(27(7)76-41)78-29(9)60/h13,15,22-27,32-33,35-41,45-47,51-56,58,61-66,69H,14,16-20H2,1-12H3/t22-,23-,24-,25-,26-,27+,32+,33-,35-,36-,37-,38-,39+,40+,41+,45+,46-,47-,51+,52+,53-,54-,55+,56+,57+/m1/s1. The fraction of sp³-hybridized carbons (Fsp3) is 0.754. The number of hydrogen-bond donors (Lipinski definition) is 8. The molecule has 0 unspecified atom stereocenters. The number of aliphatic hydroxyl groups is 6. The lowest BCUT2D eigenvalue weighted by molar-refractivity contribution is -0.334. The minimum atomic E-state index is -2.08. The third kappa shape index (κ3) is 13.9. The predicted molar refractivity (Wildman–Crippen MR) is 283 cm³/mol. The molecule has 8 heterocycles. The second kappa shape index (κ2) is 26.4. The number of fused-ring (bicyclic) bond motifs is 2. The van der Waals surface area contributed by atoms with Crippen molar-refractivity contribution >= 4 is 34.3 Å². The summed E-state index contributed by atoms with van der Waals surface area (Å²) in [6.07, 6.45) is -29.3. The summed E-state index contributed by atoms with van der Waals surface area (Å²) in [7, 11) is 2.56. The van der Waals surface area contributed by atoms with Gasteiger partial charge in [0.05, 0.1) is 72.0 Å². The Hall–Kier alpha value is -4.30. The topological polar surface area (TPSA) is 359 Å². The Labute approximate surface area is 480 Å². The van der Waals surface area contributed by atoms with Crippen LogP contribution in [0.15, 0.2) is 12.1 Å². The quantitative estimate of drug-likeness (QED) is 0.0976. The van der Waals surface area contributed by atoms with Gasteiger partial charge in [-0.25, -0.2) is 0 Å². The molecular weight excluding hydrogens is 1100 g/mol. The normalized spacial score (nSPS) is 39.7. The fourth-order valence-corrected chi connectivity index (χ4v) is 12.4. The SMILES string of the molecule is CO[C@@H]1[C@H](O)C[C@@H](O[C@@H]2C[C@H](Cc3cc4cc5c(C)c(O)c4c(O)c3C(=O)[C@@H](O[C@H]3C[C@@H](O[C@H]4C[C@@H](O[C@H]6C[C@](C)(O)[C@@H](OC(C)=O)[C@H](C)O6)[C@H](O)[C@@H](C)O4)[C@H](O)[C@@H](C)O3)[C@H]([C@H](OC)C(=O)[C@@H](O)[C@@H](C)O)O5)O[C@H](C)[C@@H]2OC(C)=O)O[C@@H]1C. The zero-order chi connectivity index (χ0) is 60.8. The molecule has 83 heavy (non-hydrogen) atoms. The van der Waals surface area contributed by atoms with Crippen LogP contribution in [-0.2, 0) is 82.4 Å². The maximum atomic E-state index is 15.9. The first-order valence-corrected chi connectivity index (χ1v) is 28.2. The van der Waals surface area contributed by atoms with E-state index in [0.717, 1.165) is 14.0 Å². The molecular formula is C57H82O26. The highest BCUT2D eigenvalue weighted by Gasteiger charge is 2.53. The Bertz CT molecular complexity index is 2620. The smallest absolute Gasteiger partial charge is 0.303 e. The van der Waals surface area contributed by atoms with Crippen molar-refractivity contribution in [2.24, 2.45) is 0 Å². The third-order valence-corrected chi connectivity index (χ3v) is 16.6. The molecule has 26 heteroatoms. The number of ether oxygens (including phenoxy) is 14. The highest BCUT2D eigenvalue weighted by atomic mass is 16.7. The van der Waals surface area contributed by atoms with Crippen LogP contribution in [0.1, 0.15) is 116 Å². The predicted octanol–water partition coefficient (Wildman–Crippen LogP) is 1.34. The van der Waals surface area contributed by atoms with Gasteiger partial charge in [0.15, 0.2) is 67.2 Å². The Balaban J connectivity index is 1.12. The van der Waals surface area contributed by atoms with Crippen LogP contribution in [0.5, 0.6) is 17.2 Å². The molecule has 0 amide bonds. The van der Waals surface area contributed by atoms with Gasteiger partial charge in [0.2, 0.25) is 0 Å². The van der Waals surface area contributed by atoms with E-state index in [-0.39, 0.29) is 66.2 Å². The lowest BCUT2D eigenvalue weighted by Crippen LogP contribution is -2.59. The molecule has 26 nitrogen and oxygen atoms in total. The van der Waals surface area contributed by atoms with E-state index in [9.17, 15) is 55.2 Å². The van der Waals surface area contributed by atoms with E-state index in [1.54, 1.807) is 33.8 Å². The molecule has 2 aromatic carbocycles. The van der Waals surface area contributed by atoms with Crippen molar-refractivity contribution in [3.63, 3.8) is 0 Å². The van der Waals surface area contributed by atoms with Crippen LogP contribution in [0.4, 0.5) is 0 Å². The van der Waals surface area contributed by atoms with Crippen molar-refractivity contribution in [3.05, 3.63) is 28.8 Å². The molecule has 8 aliphatic rings. The minimum absolute atomic E-state index is 0.0148. The Morgan fingerprint density at radius 1 is 0.711 bits per heavy atom. The first kappa shape index (κ1) is 64.7. The number of phenolic OH excluding ortho intramolecular Hbond substituents is 2. The number of benzene rings is 2. The summed E-state index contributed by atoms with van der Waals surface area (Å²) in [6.45, 7) is 14.6. The summed E-state index contributed by atoms with van der Waals surface area (Å²) in [6, 6.07) is 3.02. The van der Waals surface area contributed by atoms with Gasteiger partial charge < -0.3 is 107 Å². The molecule has 5 saturated heterocycles. The molecule has 25 atom stereocenters. The van der Waals surface area contributed by atoms with E-state index < -0.39 is 193 Å². The molecule has 8 aliphatic heterocycles. The number of hydrogen-bond acceptors (Lipinski definition) is 26. The number of Topliss-reactive ketones (excluding diaryl/α,β-unsaturated/α-hetero) is 2. The van der Waals surface area contributed by atoms with Crippen LogP contribution >= 0.6 is 0 Å². The molecule has 10 rings (SSSR count). The Morgan fingerprint density at radius 2 is 1.27 bits per heavy atom. The van der Waals surface area contributed by atoms with Crippen LogP contribution in [0.3, 0.4) is 0 Å². The first-order valence-electron chi connectivity index (χ1n) is 28.2. The zero-order valence-corrected chi connectivity index (χ0v) is 48.7. The molecule has 0 aromatic heterocycles. The number of phenols is 2. The summed E-state index contributed by atoms with van der Waals surface area (Å²) in [5, 5.41) is 91.0. The van der Waals surface area contributed by atoms with E-state index in [2.05, 4.69) is 0 Å². The molecule has 8 N–H and O–H groups in total. The van der Waals surface area contributed by atoms with Gasteiger partial charge in [0.25, 0.3) is 0 Å². The van der Waals surface area contributed by atoms with Crippen LogP contribution in [-0.4, -0.2) is 231 Å². The lowest BCUT2D eigenvalue weighted by atomic mass is 9.85. The van der Waals surface area contributed by atoms with Crippen molar-refractivity contribution in [1.29, 1.82) is 0 Å². The summed E-state index contributed by atoms with van der Waals surface area (Å²) in [5.74, 6) is -4.68. The average Bonchev–Trinajstić information content (AvgIpc) is 1.57. The van der Waals surface area contributed by atoms with E-state index in [1.807, 2.05) is 0 Å². The summed E-state index contributed by atoms with van der Waals surface area (Å²) < 4.78 is 85.4. The second-order valence-corrected chi connectivity index (χ2v) is 23.1. The minimum Gasteiger partial charge on any atom is -0.507 e. The van der Waals surface area contributed by atoms with Crippen molar-refractivity contribution in [2.45, 2.75) is 261 Å². The number of carbonyl (C=O) groups is 4. The number of methoxy groups -OCH3 is 2. The number of esters is 2. The Kier molecular flexibility index (Phi) is 20.5. The van der Waals surface area contributed by atoms with Gasteiger partial charge >= 0.3 is 11.9 Å². The largest absolute Gasteiger partial charge is 0.507 e. The van der Waals surface area contributed by atoms with E-state index in [4.69, 9.17) is 66.3 Å². The molecule has 4 bridgehead atoms. The molecule has 466 valence electrons. The fourth-order valence-electron chi connectivity index (χ4n) is 12.4. The lowest BCUT2D eigenvalue weighted by Gasteiger charge is -2.46. The second-order valence-electron chi connectivity index (χ2n) is 23.1. The number of aromatic hydroxyl groups is 2. The van der Waals surface area contributed by atoms with Crippen molar-refractivity contribution in [3.8, 4) is 17.2 Å².